The van der Waals surface area contributed by atoms with Crippen LogP contribution >= 0.6 is 11.3 Å². The van der Waals surface area contributed by atoms with Gasteiger partial charge in [0.05, 0.1) is 17.8 Å². The average molecular weight is 284 g/mol. The van der Waals surface area contributed by atoms with Gasteiger partial charge < -0.3 is 15.2 Å². The van der Waals surface area contributed by atoms with E-state index in [1.165, 1.54) is 11.3 Å². The van der Waals surface area contributed by atoms with Crippen LogP contribution in [0.3, 0.4) is 0 Å². The summed E-state index contributed by atoms with van der Waals surface area (Å²) < 4.78 is 5.49. The fourth-order valence-electron chi connectivity index (χ4n) is 2.02. The number of aliphatic carboxylic acids is 1. The summed E-state index contributed by atoms with van der Waals surface area (Å²) in [7, 11) is 0. The summed E-state index contributed by atoms with van der Waals surface area (Å²) in [5, 5.41) is 15.1. The van der Waals surface area contributed by atoms with Gasteiger partial charge in [-0.25, -0.2) is 4.98 Å². The fourth-order valence-corrected chi connectivity index (χ4v) is 3.05. The first-order chi connectivity index (χ1) is 8.83. The van der Waals surface area contributed by atoms with Crippen molar-refractivity contribution in [2.75, 3.05) is 18.5 Å². The zero-order chi connectivity index (χ0) is 14.1. The van der Waals surface area contributed by atoms with Crippen molar-refractivity contribution in [3.05, 3.63) is 11.1 Å². The number of nitrogens with zero attached hydrogens (tertiary/aromatic N) is 1. The Morgan fingerprint density at radius 2 is 2.37 bits per heavy atom. The highest BCUT2D eigenvalue weighted by molar-refractivity contribution is 7.13. The van der Waals surface area contributed by atoms with Crippen LogP contribution in [0.4, 0.5) is 5.13 Å². The first kappa shape index (κ1) is 14.3. The predicted octanol–water partition coefficient (Wildman–Crippen LogP) is 2.49. The van der Waals surface area contributed by atoms with Crippen LogP contribution in [0.1, 0.15) is 39.3 Å². The van der Waals surface area contributed by atoms with Gasteiger partial charge >= 0.3 is 5.97 Å². The highest BCUT2D eigenvalue weighted by Gasteiger charge is 2.33. The van der Waals surface area contributed by atoms with Gasteiger partial charge in [0.1, 0.15) is 5.41 Å². The summed E-state index contributed by atoms with van der Waals surface area (Å²) in [4.78, 5) is 15.6. The molecule has 0 amide bonds. The van der Waals surface area contributed by atoms with Gasteiger partial charge in [-0.05, 0) is 33.6 Å². The molecule has 0 bridgehead atoms. The molecule has 0 spiro atoms. The van der Waals surface area contributed by atoms with Gasteiger partial charge in [0.15, 0.2) is 5.13 Å². The van der Waals surface area contributed by atoms with E-state index in [-0.39, 0.29) is 5.54 Å². The Balaban J connectivity index is 2.11. The van der Waals surface area contributed by atoms with E-state index in [0.717, 1.165) is 24.6 Å². The van der Waals surface area contributed by atoms with E-state index >= 15 is 0 Å². The molecule has 19 heavy (non-hydrogen) atoms. The minimum absolute atomic E-state index is 0.110. The monoisotopic (exact) mass is 284 g/mol. The SMILES string of the molecule is CC1(Nc2nc(C(C)(C)C(=O)O)cs2)CCCOC1. The third kappa shape index (κ3) is 3.06. The van der Waals surface area contributed by atoms with Gasteiger partial charge in [-0.2, -0.15) is 0 Å². The van der Waals surface area contributed by atoms with Crippen LogP contribution in [0, 0.1) is 0 Å². The van der Waals surface area contributed by atoms with Gasteiger partial charge in [-0.15, -0.1) is 11.3 Å². The Labute approximate surface area is 117 Å². The summed E-state index contributed by atoms with van der Waals surface area (Å²) in [6, 6.07) is 0. The van der Waals surface area contributed by atoms with Crippen molar-refractivity contribution < 1.29 is 14.6 Å². The topological polar surface area (TPSA) is 71.5 Å². The maximum absolute atomic E-state index is 11.2. The molecule has 2 rings (SSSR count). The molecule has 5 nitrogen and oxygen atoms in total. The fraction of sp³-hybridized carbons (Fsp3) is 0.692. The van der Waals surface area contributed by atoms with Crippen LogP contribution in [-0.4, -0.2) is 34.8 Å². The van der Waals surface area contributed by atoms with Gasteiger partial charge in [-0.3, -0.25) is 4.79 Å². The van der Waals surface area contributed by atoms with Crippen molar-refractivity contribution in [2.24, 2.45) is 0 Å². The normalized spacial score (nSPS) is 24.2. The minimum atomic E-state index is -0.958. The van der Waals surface area contributed by atoms with Crippen molar-refractivity contribution in [3.8, 4) is 0 Å². The number of hydrogen-bond donors (Lipinski definition) is 2. The second kappa shape index (κ2) is 5.09. The molecule has 2 N–H and O–H groups in total. The minimum Gasteiger partial charge on any atom is -0.481 e. The summed E-state index contributed by atoms with van der Waals surface area (Å²) in [5.74, 6) is -0.864. The highest BCUT2D eigenvalue weighted by Crippen LogP contribution is 2.30. The largest absolute Gasteiger partial charge is 0.481 e. The summed E-state index contributed by atoms with van der Waals surface area (Å²) >= 11 is 1.44. The zero-order valence-corrected chi connectivity index (χ0v) is 12.3. The second-order valence-electron chi connectivity index (χ2n) is 5.81. The van der Waals surface area contributed by atoms with E-state index < -0.39 is 11.4 Å². The third-order valence-electron chi connectivity index (χ3n) is 3.53. The van der Waals surface area contributed by atoms with Crippen LogP contribution in [0.25, 0.3) is 0 Å². The first-order valence-electron chi connectivity index (χ1n) is 6.39. The number of aromatic nitrogens is 1. The van der Waals surface area contributed by atoms with Gasteiger partial charge in [-0.1, -0.05) is 0 Å². The number of ether oxygens (including phenoxy) is 1. The Kier molecular flexibility index (Phi) is 3.82. The second-order valence-corrected chi connectivity index (χ2v) is 6.67. The highest BCUT2D eigenvalue weighted by atomic mass is 32.1. The number of hydrogen-bond acceptors (Lipinski definition) is 5. The number of carboxylic acids is 1. The molecule has 1 saturated heterocycles. The lowest BCUT2D eigenvalue weighted by atomic mass is 9.90. The van der Waals surface area contributed by atoms with Crippen molar-refractivity contribution in [1.82, 2.24) is 4.98 Å². The number of carbonyl (C=O) groups is 1. The van der Waals surface area contributed by atoms with Crippen LogP contribution in [0.15, 0.2) is 5.38 Å². The summed E-state index contributed by atoms with van der Waals surface area (Å²) in [5.41, 5.74) is -0.478. The molecule has 1 aromatic rings. The standard InChI is InChI=1S/C13H20N2O3S/c1-12(2,10(16)17)9-7-19-11(14-9)15-13(3)5-4-6-18-8-13/h7H,4-6,8H2,1-3H3,(H,14,15)(H,16,17). The van der Waals surface area contributed by atoms with Gasteiger partial charge in [0.25, 0.3) is 0 Å². The first-order valence-corrected chi connectivity index (χ1v) is 7.27. The summed E-state index contributed by atoms with van der Waals surface area (Å²) in [6.07, 6.45) is 2.06. The van der Waals surface area contributed by atoms with E-state index in [9.17, 15) is 9.90 Å². The molecule has 6 heteroatoms. The maximum atomic E-state index is 11.2. The molecule has 1 aliphatic heterocycles. The molecular formula is C13H20N2O3S. The molecule has 1 unspecified atom stereocenters. The number of anilines is 1. The molecule has 1 aliphatic rings. The Hall–Kier alpha value is -1.14. The predicted molar refractivity (Wildman–Crippen MR) is 74.9 cm³/mol. The zero-order valence-electron chi connectivity index (χ0n) is 11.5. The van der Waals surface area contributed by atoms with Crippen LogP contribution in [0.5, 0.6) is 0 Å². The Morgan fingerprint density at radius 1 is 1.63 bits per heavy atom. The molecule has 106 valence electrons. The molecule has 1 aromatic heterocycles. The Bertz CT molecular complexity index is 464. The maximum Gasteiger partial charge on any atom is 0.315 e. The average Bonchev–Trinajstić information content (AvgIpc) is 2.78. The third-order valence-corrected chi connectivity index (χ3v) is 4.28. The molecule has 1 fully saturated rings. The van der Waals surface area contributed by atoms with Crippen molar-refractivity contribution in [3.63, 3.8) is 0 Å². The molecule has 0 aliphatic carbocycles. The molecular weight excluding hydrogens is 264 g/mol. The molecule has 1 atom stereocenters. The Morgan fingerprint density at radius 3 is 2.95 bits per heavy atom. The van der Waals surface area contributed by atoms with E-state index in [2.05, 4.69) is 17.2 Å². The lowest BCUT2D eigenvalue weighted by molar-refractivity contribution is -0.142. The summed E-state index contributed by atoms with van der Waals surface area (Å²) in [6.45, 7) is 6.91. The van der Waals surface area contributed by atoms with E-state index in [1.54, 1.807) is 13.8 Å². The lowest BCUT2D eigenvalue weighted by Crippen LogP contribution is -2.43. The smallest absolute Gasteiger partial charge is 0.315 e. The quantitative estimate of drug-likeness (QED) is 0.888. The van der Waals surface area contributed by atoms with Crippen molar-refractivity contribution in [2.45, 2.75) is 44.6 Å². The van der Waals surface area contributed by atoms with E-state index in [4.69, 9.17) is 4.74 Å². The molecule has 0 saturated carbocycles. The number of nitrogens with one attached hydrogen (secondary N) is 1. The lowest BCUT2D eigenvalue weighted by Gasteiger charge is -2.34. The van der Waals surface area contributed by atoms with Crippen LogP contribution in [-0.2, 0) is 14.9 Å². The number of thiazole rings is 1. The number of rotatable bonds is 4. The molecule has 2 heterocycles. The van der Waals surface area contributed by atoms with E-state index in [0.29, 0.717) is 12.3 Å². The van der Waals surface area contributed by atoms with Crippen molar-refractivity contribution in [1.29, 1.82) is 0 Å². The number of carboxylic acid groups (broad SMARTS) is 1. The molecule has 0 aromatic carbocycles. The van der Waals surface area contributed by atoms with Gasteiger partial charge in [0.2, 0.25) is 0 Å². The van der Waals surface area contributed by atoms with E-state index in [1.807, 2.05) is 5.38 Å². The van der Waals surface area contributed by atoms with Crippen LogP contribution < -0.4 is 5.32 Å². The van der Waals surface area contributed by atoms with Gasteiger partial charge in [0, 0.05) is 12.0 Å². The molecule has 0 radical (unpaired) electrons. The van der Waals surface area contributed by atoms with Crippen molar-refractivity contribution >= 4 is 22.4 Å². The van der Waals surface area contributed by atoms with Crippen LogP contribution in [0.2, 0.25) is 0 Å².